The van der Waals surface area contributed by atoms with Crippen LogP contribution in [-0.4, -0.2) is 5.11 Å². The second-order valence-electron chi connectivity index (χ2n) is 4.11. The summed E-state index contributed by atoms with van der Waals surface area (Å²) in [5.41, 5.74) is 0.932. The van der Waals surface area contributed by atoms with E-state index in [1.807, 2.05) is 0 Å². The van der Waals surface area contributed by atoms with Crippen LogP contribution >= 0.6 is 23.2 Å². The zero-order chi connectivity index (χ0) is 14.0. The van der Waals surface area contributed by atoms with E-state index in [0.717, 1.165) is 12.1 Å². The fourth-order valence-corrected chi connectivity index (χ4v) is 2.21. The van der Waals surface area contributed by atoms with E-state index in [4.69, 9.17) is 23.2 Å². The SMILES string of the molecule is OC(Cc1ccc(F)c(F)c1)c1cccc(Cl)c1Cl. The van der Waals surface area contributed by atoms with Crippen molar-refractivity contribution in [2.45, 2.75) is 12.5 Å². The number of hydrogen-bond donors (Lipinski definition) is 1. The Morgan fingerprint density at radius 3 is 2.47 bits per heavy atom. The molecule has 0 aromatic heterocycles. The molecule has 0 heterocycles. The summed E-state index contributed by atoms with van der Waals surface area (Å²) in [4.78, 5) is 0. The zero-order valence-electron chi connectivity index (χ0n) is 9.71. The van der Waals surface area contributed by atoms with Crippen LogP contribution in [0.2, 0.25) is 10.0 Å². The van der Waals surface area contributed by atoms with Crippen molar-refractivity contribution in [3.8, 4) is 0 Å². The Kier molecular flexibility index (Phi) is 4.40. The van der Waals surface area contributed by atoms with Gasteiger partial charge in [-0.2, -0.15) is 0 Å². The Morgan fingerprint density at radius 1 is 1.05 bits per heavy atom. The van der Waals surface area contributed by atoms with Gasteiger partial charge in [-0.1, -0.05) is 41.4 Å². The summed E-state index contributed by atoms with van der Waals surface area (Å²) >= 11 is 11.8. The average Bonchev–Trinajstić information content (AvgIpc) is 2.37. The second-order valence-corrected chi connectivity index (χ2v) is 4.90. The first-order valence-electron chi connectivity index (χ1n) is 5.55. The summed E-state index contributed by atoms with van der Waals surface area (Å²) in [6.45, 7) is 0. The molecule has 0 fully saturated rings. The normalized spacial score (nSPS) is 12.5. The van der Waals surface area contributed by atoms with Crippen molar-refractivity contribution in [2.24, 2.45) is 0 Å². The van der Waals surface area contributed by atoms with Crippen LogP contribution in [0.5, 0.6) is 0 Å². The van der Waals surface area contributed by atoms with E-state index in [-0.39, 0.29) is 11.4 Å². The van der Waals surface area contributed by atoms with Crippen LogP contribution in [0.3, 0.4) is 0 Å². The van der Waals surface area contributed by atoms with Crippen LogP contribution in [0.25, 0.3) is 0 Å². The van der Waals surface area contributed by atoms with Gasteiger partial charge in [-0.25, -0.2) is 8.78 Å². The summed E-state index contributed by atoms with van der Waals surface area (Å²) in [6, 6.07) is 8.41. The largest absolute Gasteiger partial charge is 0.388 e. The van der Waals surface area contributed by atoms with E-state index in [9.17, 15) is 13.9 Å². The smallest absolute Gasteiger partial charge is 0.159 e. The second kappa shape index (κ2) is 5.87. The van der Waals surface area contributed by atoms with E-state index in [2.05, 4.69) is 0 Å². The molecular formula is C14H10Cl2F2O. The monoisotopic (exact) mass is 302 g/mol. The third-order valence-corrected chi connectivity index (χ3v) is 3.59. The van der Waals surface area contributed by atoms with Crippen molar-refractivity contribution in [2.75, 3.05) is 0 Å². The Bertz CT molecular complexity index is 602. The molecule has 2 rings (SSSR count). The number of rotatable bonds is 3. The number of hydrogen-bond acceptors (Lipinski definition) is 1. The predicted octanol–water partition coefficient (Wildman–Crippen LogP) is 4.55. The first kappa shape index (κ1) is 14.3. The lowest BCUT2D eigenvalue weighted by Gasteiger charge is -2.13. The van der Waals surface area contributed by atoms with Crippen LogP contribution in [0.15, 0.2) is 36.4 Å². The van der Waals surface area contributed by atoms with Gasteiger partial charge in [0.15, 0.2) is 11.6 Å². The average molecular weight is 303 g/mol. The highest BCUT2D eigenvalue weighted by molar-refractivity contribution is 6.42. The summed E-state index contributed by atoms with van der Waals surface area (Å²) in [7, 11) is 0. The van der Waals surface area contributed by atoms with Crippen molar-refractivity contribution in [3.05, 3.63) is 69.2 Å². The number of halogens is 4. The molecule has 1 unspecified atom stereocenters. The van der Waals surface area contributed by atoms with Crippen LogP contribution in [0.1, 0.15) is 17.2 Å². The highest BCUT2D eigenvalue weighted by atomic mass is 35.5. The molecule has 1 N–H and O–H groups in total. The Balaban J connectivity index is 2.23. The Hall–Kier alpha value is -1.16. The zero-order valence-corrected chi connectivity index (χ0v) is 11.2. The maximum atomic E-state index is 13.1. The minimum atomic E-state index is -0.943. The molecule has 0 radical (unpaired) electrons. The molecule has 19 heavy (non-hydrogen) atoms. The van der Waals surface area contributed by atoms with Gasteiger partial charge in [-0.05, 0) is 23.8 Å². The van der Waals surface area contributed by atoms with Crippen LogP contribution < -0.4 is 0 Å². The van der Waals surface area contributed by atoms with Gasteiger partial charge in [0.25, 0.3) is 0 Å². The molecule has 0 saturated heterocycles. The molecule has 1 atom stereocenters. The van der Waals surface area contributed by atoms with E-state index < -0.39 is 17.7 Å². The van der Waals surface area contributed by atoms with Gasteiger partial charge in [0.2, 0.25) is 0 Å². The molecule has 0 bridgehead atoms. The summed E-state index contributed by atoms with van der Waals surface area (Å²) in [5, 5.41) is 10.7. The van der Waals surface area contributed by atoms with Gasteiger partial charge in [-0.3, -0.25) is 0 Å². The molecule has 2 aromatic rings. The van der Waals surface area contributed by atoms with E-state index >= 15 is 0 Å². The van der Waals surface area contributed by atoms with Crippen LogP contribution in [0.4, 0.5) is 8.78 Å². The molecule has 2 aromatic carbocycles. The molecule has 0 aliphatic carbocycles. The third kappa shape index (κ3) is 3.24. The molecule has 0 aliphatic heterocycles. The van der Waals surface area contributed by atoms with Gasteiger partial charge in [-0.15, -0.1) is 0 Å². The van der Waals surface area contributed by atoms with Gasteiger partial charge in [0.1, 0.15) is 0 Å². The van der Waals surface area contributed by atoms with Gasteiger partial charge < -0.3 is 5.11 Å². The van der Waals surface area contributed by atoms with Crippen molar-refractivity contribution in [3.63, 3.8) is 0 Å². The maximum absolute atomic E-state index is 13.1. The fourth-order valence-electron chi connectivity index (χ4n) is 1.78. The molecule has 0 amide bonds. The minimum Gasteiger partial charge on any atom is -0.388 e. The third-order valence-electron chi connectivity index (χ3n) is 2.75. The molecule has 1 nitrogen and oxygen atoms in total. The lowest BCUT2D eigenvalue weighted by Crippen LogP contribution is -2.03. The Labute approximate surface area is 119 Å². The molecule has 100 valence electrons. The molecular weight excluding hydrogens is 293 g/mol. The maximum Gasteiger partial charge on any atom is 0.159 e. The van der Waals surface area contributed by atoms with E-state index in [1.165, 1.54) is 6.07 Å². The van der Waals surface area contributed by atoms with Crippen molar-refractivity contribution >= 4 is 23.2 Å². The number of benzene rings is 2. The lowest BCUT2D eigenvalue weighted by atomic mass is 10.0. The number of aliphatic hydroxyl groups excluding tert-OH is 1. The first-order valence-corrected chi connectivity index (χ1v) is 6.30. The number of aliphatic hydroxyl groups is 1. The van der Waals surface area contributed by atoms with Gasteiger partial charge in [0.05, 0.1) is 16.1 Å². The van der Waals surface area contributed by atoms with Crippen LogP contribution in [-0.2, 0) is 6.42 Å². The van der Waals surface area contributed by atoms with Gasteiger partial charge >= 0.3 is 0 Å². The van der Waals surface area contributed by atoms with Gasteiger partial charge in [0, 0.05) is 12.0 Å². The minimum absolute atomic E-state index is 0.122. The standard InChI is InChI=1S/C14H10Cl2F2O/c15-10-3-1-2-9(14(10)16)13(19)7-8-4-5-11(17)12(18)6-8/h1-6,13,19H,7H2. The highest BCUT2D eigenvalue weighted by Crippen LogP contribution is 2.31. The summed E-state index contributed by atoms with van der Waals surface area (Å²) < 4.78 is 25.9. The van der Waals surface area contributed by atoms with E-state index in [0.29, 0.717) is 16.1 Å². The predicted molar refractivity (Wildman–Crippen MR) is 71.5 cm³/mol. The molecule has 5 heteroatoms. The van der Waals surface area contributed by atoms with E-state index in [1.54, 1.807) is 18.2 Å². The molecule has 0 saturated carbocycles. The summed E-state index contributed by atoms with van der Waals surface area (Å²) in [5.74, 6) is -1.86. The van der Waals surface area contributed by atoms with Crippen LogP contribution in [0, 0.1) is 11.6 Å². The first-order chi connectivity index (χ1) is 8.99. The lowest BCUT2D eigenvalue weighted by molar-refractivity contribution is 0.178. The molecule has 0 aliphatic rings. The Morgan fingerprint density at radius 2 is 1.79 bits per heavy atom. The molecule has 0 spiro atoms. The summed E-state index contributed by atoms with van der Waals surface area (Å²) in [6.07, 6.45) is -0.812. The van der Waals surface area contributed by atoms with Crippen molar-refractivity contribution in [1.82, 2.24) is 0 Å². The van der Waals surface area contributed by atoms with Crippen molar-refractivity contribution in [1.29, 1.82) is 0 Å². The highest BCUT2D eigenvalue weighted by Gasteiger charge is 2.15. The topological polar surface area (TPSA) is 20.2 Å². The van der Waals surface area contributed by atoms with Crippen molar-refractivity contribution < 1.29 is 13.9 Å². The quantitative estimate of drug-likeness (QED) is 0.882. The fraction of sp³-hybridized carbons (Fsp3) is 0.143.